The van der Waals surface area contributed by atoms with Crippen molar-refractivity contribution in [2.75, 3.05) is 21.3 Å². The third kappa shape index (κ3) is 3.44. The molecule has 112 valence electrons. The highest BCUT2D eigenvalue weighted by Crippen LogP contribution is 2.42. The molecule has 1 unspecified atom stereocenters. The normalized spacial score (nSPS) is 11.9. The Bertz CT molecular complexity index is 631. The van der Waals surface area contributed by atoms with Crippen LogP contribution < -0.4 is 14.2 Å². The van der Waals surface area contributed by atoms with Crippen LogP contribution in [0.4, 0.5) is 0 Å². The first kappa shape index (κ1) is 16.0. The molecule has 2 aromatic carbocycles. The Balaban J connectivity index is 2.46. The van der Waals surface area contributed by atoms with Gasteiger partial charge in [0.15, 0.2) is 0 Å². The first-order chi connectivity index (χ1) is 10.1. The maximum Gasteiger partial charge on any atom is 0.127 e. The Morgan fingerprint density at radius 2 is 1.43 bits per heavy atom. The van der Waals surface area contributed by atoms with Crippen LogP contribution >= 0.6 is 27.5 Å². The van der Waals surface area contributed by atoms with Gasteiger partial charge in [0.2, 0.25) is 0 Å². The van der Waals surface area contributed by atoms with Gasteiger partial charge in [-0.1, -0.05) is 39.7 Å². The highest BCUT2D eigenvalue weighted by Gasteiger charge is 2.19. The van der Waals surface area contributed by atoms with E-state index in [1.807, 2.05) is 30.3 Å². The van der Waals surface area contributed by atoms with E-state index in [0.29, 0.717) is 5.02 Å². The fraction of sp³-hybridized carbons (Fsp3) is 0.250. The van der Waals surface area contributed by atoms with E-state index >= 15 is 0 Å². The maximum absolute atomic E-state index is 6.01. The number of rotatable bonds is 5. The molecule has 0 N–H and O–H groups in total. The van der Waals surface area contributed by atoms with Gasteiger partial charge in [-0.2, -0.15) is 0 Å². The van der Waals surface area contributed by atoms with Crippen LogP contribution in [-0.4, -0.2) is 21.3 Å². The van der Waals surface area contributed by atoms with Crippen LogP contribution in [0, 0.1) is 0 Å². The van der Waals surface area contributed by atoms with Crippen LogP contribution in [0.5, 0.6) is 17.2 Å². The molecule has 0 heterocycles. The van der Waals surface area contributed by atoms with Crippen molar-refractivity contribution in [3.8, 4) is 17.2 Å². The highest BCUT2D eigenvalue weighted by atomic mass is 79.9. The second-order valence-corrected chi connectivity index (χ2v) is 5.71. The highest BCUT2D eigenvalue weighted by molar-refractivity contribution is 9.09. The van der Waals surface area contributed by atoms with Crippen molar-refractivity contribution in [3.05, 3.63) is 52.5 Å². The first-order valence-electron chi connectivity index (χ1n) is 6.30. The van der Waals surface area contributed by atoms with Crippen LogP contribution in [0.3, 0.4) is 0 Å². The van der Waals surface area contributed by atoms with E-state index in [2.05, 4.69) is 15.9 Å². The summed E-state index contributed by atoms with van der Waals surface area (Å²) < 4.78 is 16.1. The van der Waals surface area contributed by atoms with Crippen molar-refractivity contribution in [2.45, 2.75) is 4.83 Å². The molecule has 0 aliphatic carbocycles. The Morgan fingerprint density at radius 1 is 0.857 bits per heavy atom. The molecule has 2 rings (SSSR count). The van der Waals surface area contributed by atoms with Gasteiger partial charge in [0.05, 0.1) is 26.2 Å². The van der Waals surface area contributed by atoms with Crippen molar-refractivity contribution in [1.82, 2.24) is 0 Å². The fourth-order valence-electron chi connectivity index (χ4n) is 2.09. The molecule has 0 aromatic heterocycles. The lowest BCUT2D eigenvalue weighted by Crippen LogP contribution is -2.00. The minimum absolute atomic E-state index is 0.0782. The zero-order valence-corrected chi connectivity index (χ0v) is 14.4. The SMILES string of the molecule is COc1ccc(C(Br)c2ccc(Cl)cc2OC)c(OC)c1. The Labute approximate surface area is 137 Å². The van der Waals surface area contributed by atoms with Gasteiger partial charge in [-0.15, -0.1) is 0 Å². The summed E-state index contributed by atoms with van der Waals surface area (Å²) in [5.41, 5.74) is 1.96. The van der Waals surface area contributed by atoms with Gasteiger partial charge in [-0.05, 0) is 18.2 Å². The topological polar surface area (TPSA) is 27.7 Å². The van der Waals surface area contributed by atoms with E-state index < -0.39 is 0 Å². The fourth-order valence-corrected chi connectivity index (χ4v) is 3.01. The summed E-state index contributed by atoms with van der Waals surface area (Å²) in [6.45, 7) is 0. The van der Waals surface area contributed by atoms with Crippen molar-refractivity contribution < 1.29 is 14.2 Å². The number of hydrogen-bond acceptors (Lipinski definition) is 3. The first-order valence-corrected chi connectivity index (χ1v) is 7.59. The summed E-state index contributed by atoms with van der Waals surface area (Å²) in [6.07, 6.45) is 0. The van der Waals surface area contributed by atoms with Crippen molar-refractivity contribution in [2.24, 2.45) is 0 Å². The Morgan fingerprint density at radius 3 is 2.00 bits per heavy atom. The van der Waals surface area contributed by atoms with Gasteiger partial charge < -0.3 is 14.2 Å². The minimum atomic E-state index is -0.0782. The van der Waals surface area contributed by atoms with Gasteiger partial charge >= 0.3 is 0 Å². The average Bonchev–Trinajstić information content (AvgIpc) is 2.53. The monoisotopic (exact) mass is 370 g/mol. The van der Waals surface area contributed by atoms with Crippen LogP contribution in [0.2, 0.25) is 5.02 Å². The molecule has 0 fully saturated rings. The van der Waals surface area contributed by atoms with Crippen LogP contribution in [0.15, 0.2) is 36.4 Å². The van der Waals surface area contributed by atoms with Crippen LogP contribution in [-0.2, 0) is 0 Å². The van der Waals surface area contributed by atoms with Gasteiger partial charge in [0.1, 0.15) is 17.2 Å². The summed E-state index contributed by atoms with van der Waals surface area (Å²) in [7, 11) is 4.89. The summed E-state index contributed by atoms with van der Waals surface area (Å²) in [5.74, 6) is 2.22. The minimum Gasteiger partial charge on any atom is -0.497 e. The number of ether oxygens (including phenoxy) is 3. The molecule has 0 spiro atoms. The smallest absolute Gasteiger partial charge is 0.127 e. The Hall–Kier alpha value is -1.39. The molecule has 0 amide bonds. The lowest BCUT2D eigenvalue weighted by Gasteiger charge is -2.18. The number of methoxy groups -OCH3 is 3. The van der Waals surface area contributed by atoms with Gasteiger partial charge in [0, 0.05) is 22.2 Å². The molecule has 21 heavy (non-hydrogen) atoms. The number of hydrogen-bond donors (Lipinski definition) is 0. The van der Waals surface area contributed by atoms with Crippen molar-refractivity contribution in [3.63, 3.8) is 0 Å². The average molecular weight is 372 g/mol. The van der Waals surface area contributed by atoms with Crippen LogP contribution in [0.1, 0.15) is 16.0 Å². The predicted octanol–water partition coefficient (Wildman–Crippen LogP) is 4.85. The molecule has 0 bridgehead atoms. The molecule has 0 saturated carbocycles. The third-order valence-corrected chi connectivity index (χ3v) is 4.40. The largest absolute Gasteiger partial charge is 0.497 e. The van der Waals surface area contributed by atoms with Crippen molar-refractivity contribution >= 4 is 27.5 Å². The number of benzene rings is 2. The number of alkyl halides is 1. The van der Waals surface area contributed by atoms with E-state index in [0.717, 1.165) is 28.4 Å². The van der Waals surface area contributed by atoms with E-state index in [4.69, 9.17) is 25.8 Å². The van der Waals surface area contributed by atoms with Gasteiger partial charge in [-0.3, -0.25) is 0 Å². The summed E-state index contributed by atoms with van der Waals surface area (Å²) in [6, 6.07) is 11.3. The summed E-state index contributed by atoms with van der Waals surface area (Å²) >= 11 is 9.71. The van der Waals surface area contributed by atoms with Crippen molar-refractivity contribution in [1.29, 1.82) is 0 Å². The van der Waals surface area contributed by atoms with E-state index in [9.17, 15) is 0 Å². The van der Waals surface area contributed by atoms with E-state index in [1.54, 1.807) is 27.4 Å². The molecule has 0 aliphatic heterocycles. The van der Waals surface area contributed by atoms with Gasteiger partial charge in [0.25, 0.3) is 0 Å². The maximum atomic E-state index is 6.01. The molecular formula is C16H16BrClO3. The molecule has 1 atom stereocenters. The third-order valence-electron chi connectivity index (χ3n) is 3.18. The van der Waals surface area contributed by atoms with Gasteiger partial charge in [-0.25, -0.2) is 0 Å². The molecular weight excluding hydrogens is 356 g/mol. The van der Waals surface area contributed by atoms with E-state index in [-0.39, 0.29) is 4.83 Å². The lowest BCUT2D eigenvalue weighted by molar-refractivity contribution is 0.390. The second-order valence-electron chi connectivity index (χ2n) is 4.36. The molecule has 5 heteroatoms. The Kier molecular flexibility index (Phi) is 5.37. The van der Waals surface area contributed by atoms with Crippen LogP contribution in [0.25, 0.3) is 0 Å². The second kappa shape index (κ2) is 7.05. The molecule has 0 saturated heterocycles. The lowest BCUT2D eigenvalue weighted by atomic mass is 10.0. The number of halogens is 2. The summed E-state index contributed by atoms with van der Waals surface area (Å²) in [4.78, 5) is -0.0782. The molecule has 0 radical (unpaired) electrons. The zero-order valence-electron chi connectivity index (χ0n) is 12.0. The molecule has 0 aliphatic rings. The quantitative estimate of drug-likeness (QED) is 0.703. The standard InChI is InChI=1S/C16H16BrClO3/c1-19-11-5-7-13(15(9-11)21-3)16(17)12-6-4-10(18)8-14(12)20-2/h4-9,16H,1-3H3. The molecule has 3 nitrogen and oxygen atoms in total. The predicted molar refractivity (Wildman–Crippen MR) is 88.3 cm³/mol. The molecule has 2 aromatic rings. The summed E-state index contributed by atoms with van der Waals surface area (Å²) in [5, 5.41) is 0.636. The van der Waals surface area contributed by atoms with E-state index in [1.165, 1.54) is 0 Å². The zero-order chi connectivity index (χ0) is 15.4.